The predicted molar refractivity (Wildman–Crippen MR) is 139 cm³/mol. The topological polar surface area (TPSA) is 61.8 Å². The lowest BCUT2D eigenvalue weighted by molar-refractivity contribution is -0.128. The Bertz CT molecular complexity index is 1160. The zero-order valence-corrected chi connectivity index (χ0v) is 21.1. The Hall–Kier alpha value is -2.72. The Morgan fingerprint density at radius 3 is 2.64 bits per heavy atom. The molecule has 5 nitrogen and oxygen atoms in total. The van der Waals surface area contributed by atoms with Crippen LogP contribution in [0.2, 0.25) is 0 Å². The molecule has 1 atom stereocenters. The first-order chi connectivity index (χ1) is 17.4. The van der Waals surface area contributed by atoms with Crippen LogP contribution in [0.5, 0.6) is 0 Å². The number of hydrogen-bond donors (Lipinski definition) is 1. The predicted octanol–water partition coefficient (Wildman–Crippen LogP) is 6.99. The monoisotopic (exact) mass is 533 g/mol. The number of nitrogens with one attached hydrogen (secondary N) is 1. The highest BCUT2D eigenvalue weighted by atomic mass is 32.2. The number of anilines is 1. The minimum absolute atomic E-state index is 0.0645. The van der Waals surface area contributed by atoms with Crippen molar-refractivity contribution in [2.45, 2.75) is 54.4 Å². The lowest BCUT2D eigenvalue weighted by Gasteiger charge is -2.19. The van der Waals surface area contributed by atoms with Crippen LogP contribution in [0, 0.1) is 5.82 Å². The molecule has 4 rings (SSSR count). The van der Waals surface area contributed by atoms with Gasteiger partial charge in [0.1, 0.15) is 11.1 Å². The van der Waals surface area contributed by atoms with Gasteiger partial charge in [0.15, 0.2) is 5.17 Å². The van der Waals surface area contributed by atoms with Gasteiger partial charge in [-0.2, -0.15) is 8.78 Å². The molecule has 1 heterocycles. The van der Waals surface area contributed by atoms with Crippen molar-refractivity contribution < 1.29 is 22.8 Å². The summed E-state index contributed by atoms with van der Waals surface area (Å²) < 4.78 is 39.2. The number of rotatable bonds is 9. The molecule has 1 aliphatic carbocycles. The highest BCUT2D eigenvalue weighted by molar-refractivity contribution is 8.15. The minimum Gasteiger partial charge on any atom is -0.324 e. The quantitative estimate of drug-likeness (QED) is 0.279. The number of alkyl halides is 2. The Balaban J connectivity index is 1.49. The Labute approximate surface area is 216 Å². The van der Waals surface area contributed by atoms with Crippen LogP contribution in [0.1, 0.15) is 38.5 Å². The van der Waals surface area contributed by atoms with Crippen LogP contribution in [0.15, 0.2) is 70.1 Å². The maximum absolute atomic E-state index is 13.9. The number of aliphatic imine (C=N–C) groups is 1. The molecule has 2 aromatic carbocycles. The van der Waals surface area contributed by atoms with Gasteiger partial charge in [0.2, 0.25) is 11.8 Å². The number of amidine groups is 1. The number of benzene rings is 2. The van der Waals surface area contributed by atoms with Crippen molar-refractivity contribution in [1.29, 1.82) is 0 Å². The van der Waals surface area contributed by atoms with Crippen LogP contribution in [0.3, 0.4) is 0 Å². The average Bonchev–Trinajstić information content (AvgIpc) is 3.14. The number of carbonyl (C=O) groups is 2. The van der Waals surface area contributed by atoms with Crippen molar-refractivity contribution in [3.8, 4) is 0 Å². The SMILES string of the molecule is O=C(C[C@H]1SC(=Nc2ccc(SC(F)F)cc2)N(CCC2=CCCCC2)C1=O)Nc1ccccc1F. The molecule has 0 spiro atoms. The fourth-order valence-electron chi connectivity index (χ4n) is 4.06. The third-order valence-corrected chi connectivity index (χ3v) is 7.76. The van der Waals surface area contributed by atoms with E-state index in [2.05, 4.69) is 16.4 Å². The fraction of sp³-hybridized carbons (Fsp3) is 0.346. The minimum atomic E-state index is -2.51. The number of thioether (sulfide) groups is 2. The van der Waals surface area contributed by atoms with Crippen LogP contribution in [-0.2, 0) is 9.59 Å². The summed E-state index contributed by atoms with van der Waals surface area (Å²) >= 11 is 1.65. The first kappa shape index (κ1) is 26.3. The van der Waals surface area contributed by atoms with Gasteiger partial charge in [0, 0.05) is 17.9 Å². The third kappa shape index (κ3) is 7.16. The van der Waals surface area contributed by atoms with E-state index in [1.807, 2.05) is 0 Å². The van der Waals surface area contributed by atoms with Gasteiger partial charge in [-0.3, -0.25) is 14.5 Å². The first-order valence-electron chi connectivity index (χ1n) is 11.7. The van der Waals surface area contributed by atoms with Crippen LogP contribution < -0.4 is 5.32 Å². The van der Waals surface area contributed by atoms with E-state index in [9.17, 15) is 22.8 Å². The van der Waals surface area contributed by atoms with E-state index in [0.29, 0.717) is 34.1 Å². The van der Waals surface area contributed by atoms with Gasteiger partial charge in [-0.15, -0.1) is 0 Å². The second kappa shape index (κ2) is 12.5. The molecule has 0 saturated carbocycles. The second-order valence-electron chi connectivity index (χ2n) is 8.45. The number of carbonyl (C=O) groups excluding carboxylic acids is 2. The molecule has 190 valence electrons. The van der Waals surface area contributed by atoms with Crippen molar-refractivity contribution in [2.24, 2.45) is 4.99 Å². The van der Waals surface area contributed by atoms with Crippen LogP contribution in [0.4, 0.5) is 24.5 Å². The van der Waals surface area contributed by atoms with E-state index in [1.54, 1.807) is 35.2 Å². The maximum atomic E-state index is 13.9. The van der Waals surface area contributed by atoms with Crippen molar-refractivity contribution in [3.63, 3.8) is 0 Å². The largest absolute Gasteiger partial charge is 0.324 e. The number of nitrogens with zero attached hydrogens (tertiary/aromatic N) is 2. The molecule has 0 radical (unpaired) electrons. The maximum Gasteiger partial charge on any atom is 0.288 e. The highest BCUT2D eigenvalue weighted by Gasteiger charge is 2.39. The normalized spacial score (nSPS) is 19.2. The van der Waals surface area contributed by atoms with Crippen LogP contribution in [-0.4, -0.2) is 39.4 Å². The summed E-state index contributed by atoms with van der Waals surface area (Å²) in [5.74, 6) is -3.74. The van der Waals surface area contributed by atoms with Crippen molar-refractivity contribution in [3.05, 3.63) is 66.0 Å². The first-order valence-corrected chi connectivity index (χ1v) is 13.5. The van der Waals surface area contributed by atoms with Crippen LogP contribution in [0.25, 0.3) is 0 Å². The van der Waals surface area contributed by atoms with E-state index < -0.39 is 22.7 Å². The summed E-state index contributed by atoms with van der Waals surface area (Å²) in [6, 6.07) is 12.2. The van der Waals surface area contributed by atoms with Gasteiger partial charge in [-0.1, -0.05) is 47.3 Å². The zero-order valence-electron chi connectivity index (χ0n) is 19.5. The summed E-state index contributed by atoms with van der Waals surface area (Å²) in [5, 5.41) is 2.31. The summed E-state index contributed by atoms with van der Waals surface area (Å²) in [5.41, 5.74) is 1.91. The van der Waals surface area contributed by atoms with E-state index in [0.717, 1.165) is 25.7 Å². The fourth-order valence-corrected chi connectivity index (χ4v) is 5.75. The van der Waals surface area contributed by atoms with Crippen LogP contribution >= 0.6 is 23.5 Å². The average molecular weight is 534 g/mol. The Morgan fingerprint density at radius 2 is 1.94 bits per heavy atom. The van der Waals surface area contributed by atoms with E-state index >= 15 is 0 Å². The highest BCUT2D eigenvalue weighted by Crippen LogP contribution is 2.34. The number of para-hydroxylation sites is 1. The zero-order chi connectivity index (χ0) is 25.5. The van der Waals surface area contributed by atoms with Crippen molar-refractivity contribution >= 4 is 51.9 Å². The van der Waals surface area contributed by atoms with E-state index in [4.69, 9.17) is 0 Å². The number of amides is 2. The molecule has 2 aromatic rings. The molecule has 0 aromatic heterocycles. The van der Waals surface area contributed by atoms with Crippen molar-refractivity contribution in [2.75, 3.05) is 11.9 Å². The molecule has 36 heavy (non-hydrogen) atoms. The van der Waals surface area contributed by atoms with Gasteiger partial charge in [0.05, 0.1) is 11.4 Å². The number of allylic oxidation sites excluding steroid dienone is 1. The molecule has 1 saturated heterocycles. The molecule has 0 unspecified atom stereocenters. The lowest BCUT2D eigenvalue weighted by Crippen LogP contribution is -2.34. The summed E-state index contributed by atoms with van der Waals surface area (Å²) in [6.45, 7) is 0.446. The summed E-state index contributed by atoms with van der Waals surface area (Å²) in [6.07, 6.45) is 7.20. The van der Waals surface area contributed by atoms with Gasteiger partial charge in [-0.05, 0) is 68.5 Å². The molecule has 10 heteroatoms. The van der Waals surface area contributed by atoms with Crippen molar-refractivity contribution in [1.82, 2.24) is 4.90 Å². The lowest BCUT2D eigenvalue weighted by atomic mass is 9.97. The molecule has 1 N–H and O–H groups in total. The number of halogens is 3. The third-order valence-electron chi connectivity index (χ3n) is 5.87. The molecular formula is C26H26F3N3O2S2. The second-order valence-corrected chi connectivity index (χ2v) is 10.7. The molecule has 2 aliphatic rings. The van der Waals surface area contributed by atoms with Gasteiger partial charge in [-0.25, -0.2) is 9.38 Å². The Morgan fingerprint density at radius 1 is 1.17 bits per heavy atom. The molecule has 2 amide bonds. The Kier molecular flexibility index (Phi) is 9.14. The summed E-state index contributed by atoms with van der Waals surface area (Å²) in [4.78, 5) is 32.5. The van der Waals surface area contributed by atoms with Gasteiger partial charge < -0.3 is 5.32 Å². The standard InChI is InChI=1S/C26H26F3N3O2S2/c27-20-8-4-5-9-21(20)31-23(33)16-22-24(34)32(15-14-17-6-2-1-3-7-17)26(36-22)30-18-10-12-19(13-11-18)35-25(28)29/h4-6,8-13,22,25H,1-3,7,14-16H2,(H,31,33)/t22-/m1/s1. The molecule has 0 bridgehead atoms. The smallest absolute Gasteiger partial charge is 0.288 e. The van der Waals surface area contributed by atoms with E-state index in [1.165, 1.54) is 42.0 Å². The molecule has 1 aliphatic heterocycles. The van der Waals surface area contributed by atoms with E-state index in [-0.39, 0.29) is 18.0 Å². The molecular weight excluding hydrogens is 507 g/mol. The molecule has 1 fully saturated rings. The van der Waals surface area contributed by atoms with Gasteiger partial charge >= 0.3 is 0 Å². The number of hydrogen-bond acceptors (Lipinski definition) is 5. The summed E-state index contributed by atoms with van der Waals surface area (Å²) in [7, 11) is 0. The van der Waals surface area contributed by atoms with Gasteiger partial charge in [0.25, 0.3) is 5.76 Å².